The molecule has 0 radical (unpaired) electrons. The molecule has 0 unspecified atom stereocenters. The minimum atomic E-state index is -0.174. The number of benzene rings is 1. The third kappa shape index (κ3) is 1.83. The van der Waals surface area contributed by atoms with Crippen molar-refractivity contribution in [3.05, 3.63) is 17.1 Å². The summed E-state index contributed by atoms with van der Waals surface area (Å²) in [6, 6.07) is 3.95. The minimum absolute atomic E-state index is 0.153. The van der Waals surface area contributed by atoms with E-state index in [9.17, 15) is 5.11 Å². The second-order valence-corrected chi connectivity index (χ2v) is 6.29. The zero-order chi connectivity index (χ0) is 12.8. The monoisotopic (exact) mass is 263 g/mol. The number of nitrogens with one attached hydrogen (secondary N) is 1. The van der Waals surface area contributed by atoms with Gasteiger partial charge in [0.05, 0.1) is 38.7 Å². The lowest BCUT2D eigenvalue weighted by Crippen LogP contribution is -2.48. The van der Waals surface area contributed by atoms with Gasteiger partial charge in [-0.3, -0.25) is 0 Å². The molecular formula is C13H17N3OS. The number of hydrogen-bond acceptors (Lipinski definition) is 5. The van der Waals surface area contributed by atoms with Crippen LogP contribution in [-0.2, 0) is 0 Å². The predicted molar refractivity (Wildman–Crippen MR) is 76.1 cm³/mol. The fourth-order valence-corrected chi connectivity index (χ4v) is 3.28. The highest BCUT2D eigenvalue weighted by Crippen LogP contribution is 2.38. The zero-order valence-electron chi connectivity index (χ0n) is 10.4. The fourth-order valence-electron chi connectivity index (χ4n) is 2.42. The molecule has 0 saturated heterocycles. The SMILES string of the molecule is Cc1nc2cc(NC3(CO)CCC3)c(N)cc2s1. The second kappa shape index (κ2) is 4.10. The quantitative estimate of drug-likeness (QED) is 0.744. The van der Waals surface area contributed by atoms with Gasteiger partial charge in [-0.25, -0.2) is 4.98 Å². The Morgan fingerprint density at radius 2 is 2.28 bits per heavy atom. The van der Waals surface area contributed by atoms with Gasteiger partial charge >= 0.3 is 0 Å². The van der Waals surface area contributed by atoms with Crippen LogP contribution in [0.5, 0.6) is 0 Å². The van der Waals surface area contributed by atoms with Crippen molar-refractivity contribution in [1.29, 1.82) is 0 Å². The van der Waals surface area contributed by atoms with Crippen molar-refractivity contribution in [3.8, 4) is 0 Å². The summed E-state index contributed by atoms with van der Waals surface area (Å²) in [5, 5.41) is 13.9. The van der Waals surface area contributed by atoms with E-state index in [0.717, 1.165) is 45.9 Å². The fraction of sp³-hybridized carbons (Fsp3) is 0.462. The minimum Gasteiger partial charge on any atom is -0.397 e. The standard InChI is InChI=1S/C13H17N3OS/c1-8-15-11-6-10(9(14)5-12(11)18-8)16-13(7-17)3-2-4-13/h5-6,16-17H,2-4,7,14H2,1H3. The van der Waals surface area contributed by atoms with Crippen LogP contribution in [0.15, 0.2) is 12.1 Å². The largest absolute Gasteiger partial charge is 0.397 e. The Kier molecular flexibility index (Phi) is 2.68. The Morgan fingerprint density at radius 3 is 2.89 bits per heavy atom. The summed E-state index contributed by atoms with van der Waals surface area (Å²) in [6.07, 6.45) is 3.15. The van der Waals surface area contributed by atoms with Gasteiger partial charge in [0.15, 0.2) is 0 Å². The van der Waals surface area contributed by atoms with E-state index >= 15 is 0 Å². The van der Waals surface area contributed by atoms with Crippen LogP contribution in [0.3, 0.4) is 0 Å². The molecule has 4 N–H and O–H groups in total. The molecular weight excluding hydrogens is 246 g/mol. The van der Waals surface area contributed by atoms with Crippen molar-refractivity contribution in [1.82, 2.24) is 4.98 Å². The highest BCUT2D eigenvalue weighted by atomic mass is 32.1. The molecule has 1 aromatic heterocycles. The Morgan fingerprint density at radius 1 is 1.50 bits per heavy atom. The van der Waals surface area contributed by atoms with E-state index in [4.69, 9.17) is 5.73 Å². The first-order valence-electron chi connectivity index (χ1n) is 6.18. The van der Waals surface area contributed by atoms with Gasteiger partial charge < -0.3 is 16.2 Å². The highest BCUT2D eigenvalue weighted by Gasteiger charge is 2.36. The van der Waals surface area contributed by atoms with Crippen LogP contribution in [0.4, 0.5) is 11.4 Å². The van der Waals surface area contributed by atoms with E-state index in [-0.39, 0.29) is 12.1 Å². The van der Waals surface area contributed by atoms with Gasteiger partial charge in [-0.1, -0.05) is 0 Å². The Bertz CT molecular complexity index is 584. The molecule has 1 fully saturated rings. The molecule has 2 aromatic rings. The lowest BCUT2D eigenvalue weighted by molar-refractivity contribution is 0.144. The van der Waals surface area contributed by atoms with Gasteiger partial charge in [0, 0.05) is 0 Å². The van der Waals surface area contributed by atoms with Crippen LogP contribution in [0.2, 0.25) is 0 Å². The number of nitrogens with zero attached hydrogens (tertiary/aromatic N) is 1. The first-order valence-corrected chi connectivity index (χ1v) is 6.99. The molecule has 4 nitrogen and oxygen atoms in total. The molecule has 5 heteroatoms. The van der Waals surface area contributed by atoms with Crippen LogP contribution < -0.4 is 11.1 Å². The van der Waals surface area contributed by atoms with Crippen LogP contribution in [0.1, 0.15) is 24.3 Å². The third-order valence-corrected chi connectivity index (χ3v) is 4.61. The smallest absolute Gasteiger partial charge is 0.0907 e. The summed E-state index contributed by atoms with van der Waals surface area (Å²) in [4.78, 5) is 4.48. The van der Waals surface area contributed by atoms with Gasteiger partial charge in [0.1, 0.15) is 0 Å². The molecule has 0 spiro atoms. The summed E-state index contributed by atoms with van der Waals surface area (Å²) >= 11 is 1.65. The zero-order valence-corrected chi connectivity index (χ0v) is 11.2. The van der Waals surface area contributed by atoms with Crippen molar-refractivity contribution < 1.29 is 5.11 Å². The van der Waals surface area contributed by atoms with Gasteiger partial charge in [0.2, 0.25) is 0 Å². The molecule has 1 aromatic carbocycles. The number of aliphatic hydroxyl groups is 1. The van der Waals surface area contributed by atoms with Crippen molar-refractivity contribution >= 4 is 32.9 Å². The van der Waals surface area contributed by atoms with Crippen LogP contribution >= 0.6 is 11.3 Å². The molecule has 1 aliphatic rings. The van der Waals surface area contributed by atoms with Gasteiger partial charge in [0.25, 0.3) is 0 Å². The number of rotatable bonds is 3. The molecule has 0 atom stereocenters. The maximum atomic E-state index is 9.49. The average molecular weight is 263 g/mol. The van der Waals surface area contributed by atoms with Crippen LogP contribution in [-0.4, -0.2) is 22.2 Å². The van der Waals surface area contributed by atoms with Crippen LogP contribution in [0, 0.1) is 6.92 Å². The lowest BCUT2D eigenvalue weighted by atomic mass is 9.77. The number of aryl methyl sites for hydroxylation is 1. The van der Waals surface area contributed by atoms with Gasteiger partial charge in [-0.15, -0.1) is 11.3 Å². The number of aliphatic hydroxyl groups excluding tert-OH is 1. The van der Waals surface area contributed by atoms with E-state index in [1.165, 1.54) is 0 Å². The molecule has 18 heavy (non-hydrogen) atoms. The Balaban J connectivity index is 1.98. The third-order valence-electron chi connectivity index (χ3n) is 3.68. The Labute approximate surface area is 110 Å². The van der Waals surface area contributed by atoms with Crippen molar-refractivity contribution in [3.63, 3.8) is 0 Å². The number of nitrogens with two attached hydrogens (primary N) is 1. The molecule has 1 heterocycles. The molecule has 0 bridgehead atoms. The highest BCUT2D eigenvalue weighted by molar-refractivity contribution is 7.18. The number of anilines is 2. The van der Waals surface area contributed by atoms with Gasteiger partial charge in [-0.05, 0) is 38.3 Å². The van der Waals surface area contributed by atoms with E-state index < -0.39 is 0 Å². The topological polar surface area (TPSA) is 71.2 Å². The number of hydrogen-bond donors (Lipinski definition) is 3. The van der Waals surface area contributed by atoms with Crippen LogP contribution in [0.25, 0.3) is 10.2 Å². The van der Waals surface area contributed by atoms with E-state index in [0.29, 0.717) is 0 Å². The van der Waals surface area contributed by atoms with Crippen molar-refractivity contribution in [2.75, 3.05) is 17.7 Å². The number of aromatic nitrogens is 1. The first kappa shape index (κ1) is 11.7. The maximum absolute atomic E-state index is 9.49. The summed E-state index contributed by atoms with van der Waals surface area (Å²) in [5.41, 5.74) is 8.49. The molecule has 96 valence electrons. The van der Waals surface area contributed by atoms with E-state index in [1.54, 1.807) is 11.3 Å². The van der Waals surface area contributed by atoms with E-state index in [2.05, 4.69) is 10.3 Å². The summed E-state index contributed by atoms with van der Waals surface area (Å²) < 4.78 is 1.11. The summed E-state index contributed by atoms with van der Waals surface area (Å²) in [6.45, 7) is 2.15. The van der Waals surface area contributed by atoms with Crippen molar-refractivity contribution in [2.24, 2.45) is 0 Å². The second-order valence-electron chi connectivity index (χ2n) is 5.06. The maximum Gasteiger partial charge on any atom is 0.0907 e. The normalized spacial score (nSPS) is 17.7. The van der Waals surface area contributed by atoms with E-state index in [1.807, 2.05) is 19.1 Å². The molecule has 1 aliphatic carbocycles. The predicted octanol–water partition coefficient (Wildman–Crippen LogP) is 2.51. The molecule has 3 rings (SSSR count). The summed E-state index contributed by atoms with van der Waals surface area (Å²) in [7, 11) is 0. The lowest BCUT2D eigenvalue weighted by Gasteiger charge is -2.42. The molecule has 0 aliphatic heterocycles. The number of nitrogen functional groups attached to an aromatic ring is 1. The van der Waals surface area contributed by atoms with Gasteiger partial charge in [-0.2, -0.15) is 0 Å². The molecule has 0 amide bonds. The Hall–Kier alpha value is -1.33. The average Bonchev–Trinajstić information content (AvgIpc) is 2.63. The number of fused-ring (bicyclic) bond motifs is 1. The molecule has 1 saturated carbocycles. The van der Waals surface area contributed by atoms with Crippen molar-refractivity contribution in [2.45, 2.75) is 31.7 Å². The number of thiazole rings is 1. The first-order chi connectivity index (χ1) is 8.62. The summed E-state index contributed by atoms with van der Waals surface area (Å²) in [5.74, 6) is 0.